The predicted octanol–water partition coefficient (Wildman–Crippen LogP) is -0.181. The Balaban J connectivity index is -0.000000315. The minimum Gasteiger partial charge on any atom is -0.395 e. The van der Waals surface area contributed by atoms with Crippen LogP contribution in [0.3, 0.4) is 0 Å². The number of aliphatic imine (C=N–C) groups is 2. The van der Waals surface area contributed by atoms with Crippen LogP contribution in [0.5, 0.6) is 0 Å². The second-order valence-electron chi connectivity index (χ2n) is 4.63. The summed E-state index contributed by atoms with van der Waals surface area (Å²) < 4.78 is 0. The van der Waals surface area contributed by atoms with Crippen LogP contribution in [-0.4, -0.2) is 104 Å². The summed E-state index contributed by atoms with van der Waals surface area (Å²) in [5.74, 6) is 0. The zero-order valence-corrected chi connectivity index (χ0v) is 14.9. The van der Waals surface area contributed by atoms with Crippen LogP contribution >= 0.6 is 12.4 Å². The Hall–Kier alpha value is -0.530. The number of aliphatic hydroxyl groups is 3. The molecule has 22 heavy (non-hydrogen) atoms. The molecule has 0 amide bonds. The van der Waals surface area contributed by atoms with Gasteiger partial charge in [0, 0.05) is 26.2 Å². The third kappa shape index (κ3) is 24.5. The molecule has 0 radical (unpaired) electrons. The molecular weight excluding hydrogens is 308 g/mol. The van der Waals surface area contributed by atoms with Crippen LogP contribution in [0.1, 0.15) is 13.3 Å². The van der Waals surface area contributed by atoms with Crippen molar-refractivity contribution in [2.24, 2.45) is 9.98 Å². The Morgan fingerprint density at radius 2 is 1.36 bits per heavy atom. The zero-order chi connectivity index (χ0) is 16.3. The lowest BCUT2D eigenvalue weighted by molar-refractivity contribution is 0.136. The maximum absolute atomic E-state index is 8.48. The van der Waals surface area contributed by atoms with Gasteiger partial charge >= 0.3 is 0 Å². The number of rotatable bonds is 11. The highest BCUT2D eigenvalue weighted by Gasteiger charge is 2.00. The molecule has 0 fully saturated rings. The van der Waals surface area contributed by atoms with E-state index in [0.717, 1.165) is 26.1 Å². The van der Waals surface area contributed by atoms with Crippen molar-refractivity contribution in [3.05, 3.63) is 0 Å². The van der Waals surface area contributed by atoms with E-state index in [-0.39, 0.29) is 32.2 Å². The fourth-order valence-corrected chi connectivity index (χ4v) is 1.40. The average Bonchev–Trinajstić information content (AvgIpc) is 2.44. The highest BCUT2D eigenvalue weighted by molar-refractivity contribution is 5.85. The van der Waals surface area contributed by atoms with Gasteiger partial charge in [-0.2, -0.15) is 0 Å². The first-order valence-electron chi connectivity index (χ1n) is 7.39. The van der Waals surface area contributed by atoms with Gasteiger partial charge in [0.2, 0.25) is 0 Å². The van der Waals surface area contributed by atoms with Crippen LogP contribution in [0.2, 0.25) is 0 Å². The van der Waals surface area contributed by atoms with Crippen molar-refractivity contribution in [1.82, 2.24) is 9.80 Å². The summed E-state index contributed by atoms with van der Waals surface area (Å²) in [5, 5.41) is 25.5. The van der Waals surface area contributed by atoms with E-state index in [1.54, 1.807) is 4.90 Å². The lowest BCUT2D eigenvalue weighted by Gasteiger charge is -2.17. The first-order valence-corrected chi connectivity index (χ1v) is 7.39. The number of halogens is 1. The fraction of sp³-hybridized carbons (Fsp3) is 0.929. The van der Waals surface area contributed by atoms with Gasteiger partial charge in [-0.15, -0.1) is 12.4 Å². The molecule has 134 valence electrons. The van der Waals surface area contributed by atoms with Gasteiger partial charge in [0.15, 0.2) is 0 Å². The van der Waals surface area contributed by atoms with E-state index in [9.17, 15) is 0 Å². The molecule has 0 aromatic rings. The van der Waals surface area contributed by atoms with Gasteiger partial charge in [0.25, 0.3) is 0 Å². The number of aliphatic hydroxyl groups excluding tert-OH is 3. The minimum atomic E-state index is 0. The lowest BCUT2D eigenvalue weighted by Crippen LogP contribution is -2.32. The molecule has 0 spiro atoms. The third-order valence-electron chi connectivity index (χ3n) is 2.42. The van der Waals surface area contributed by atoms with Gasteiger partial charge in [0.05, 0.1) is 32.4 Å². The minimum absolute atomic E-state index is 0. The van der Waals surface area contributed by atoms with E-state index in [0.29, 0.717) is 19.6 Å². The molecule has 0 aromatic heterocycles. The van der Waals surface area contributed by atoms with Crippen molar-refractivity contribution in [3.63, 3.8) is 0 Å². The van der Waals surface area contributed by atoms with Crippen LogP contribution in [0, 0.1) is 0 Å². The van der Waals surface area contributed by atoms with Crippen LogP contribution in [0.25, 0.3) is 0 Å². The van der Waals surface area contributed by atoms with Gasteiger partial charge in [-0.25, -0.2) is 9.98 Å². The number of hydrogen-bond acceptors (Lipinski definition) is 7. The quantitative estimate of drug-likeness (QED) is 0.358. The van der Waals surface area contributed by atoms with Crippen molar-refractivity contribution in [3.8, 4) is 0 Å². The van der Waals surface area contributed by atoms with Crippen LogP contribution in [0.15, 0.2) is 9.98 Å². The largest absolute Gasteiger partial charge is 0.395 e. The van der Waals surface area contributed by atoms with E-state index in [1.165, 1.54) is 0 Å². The number of hydrogen-bond donors (Lipinski definition) is 3. The summed E-state index contributed by atoms with van der Waals surface area (Å²) in [4.78, 5) is 11.8. The third-order valence-corrected chi connectivity index (χ3v) is 2.42. The second kappa shape index (κ2) is 22.7. The van der Waals surface area contributed by atoms with Crippen molar-refractivity contribution < 1.29 is 15.3 Å². The zero-order valence-electron chi connectivity index (χ0n) is 14.1. The molecule has 0 atom stereocenters. The van der Waals surface area contributed by atoms with Crippen molar-refractivity contribution >= 4 is 18.4 Å². The van der Waals surface area contributed by atoms with Crippen molar-refractivity contribution in [2.45, 2.75) is 13.3 Å². The maximum atomic E-state index is 8.48. The first-order chi connectivity index (χ1) is 10.1. The molecule has 0 aliphatic carbocycles. The fourth-order valence-electron chi connectivity index (χ4n) is 1.40. The monoisotopic (exact) mass is 340 g/mol. The van der Waals surface area contributed by atoms with E-state index in [1.807, 2.05) is 6.92 Å². The molecule has 7 nitrogen and oxygen atoms in total. The summed E-state index contributed by atoms with van der Waals surface area (Å²) in [5.41, 5.74) is 0. The molecule has 0 bridgehead atoms. The Bertz CT molecular complexity index is 248. The topological polar surface area (TPSA) is 91.9 Å². The molecule has 0 aliphatic heterocycles. The van der Waals surface area contributed by atoms with Gasteiger partial charge in [-0.1, -0.05) is 0 Å². The van der Waals surface area contributed by atoms with Crippen LogP contribution in [0.4, 0.5) is 0 Å². The summed E-state index contributed by atoms with van der Waals surface area (Å²) >= 11 is 0. The van der Waals surface area contributed by atoms with Gasteiger partial charge < -0.3 is 20.2 Å². The smallest absolute Gasteiger partial charge is 0.0892 e. The van der Waals surface area contributed by atoms with Crippen molar-refractivity contribution in [2.75, 3.05) is 73.2 Å². The summed E-state index contributed by atoms with van der Waals surface area (Å²) in [6.07, 6.45) is 1.08. The molecule has 0 aromatic carbocycles. The molecule has 0 saturated heterocycles. The first kappa shape index (κ1) is 26.4. The Morgan fingerprint density at radius 1 is 0.864 bits per heavy atom. The van der Waals surface area contributed by atoms with Crippen LogP contribution in [-0.2, 0) is 0 Å². The van der Waals surface area contributed by atoms with Crippen LogP contribution < -0.4 is 0 Å². The summed E-state index contributed by atoms with van der Waals surface area (Å²) in [7, 11) is 4.12. The molecule has 8 heteroatoms. The van der Waals surface area contributed by atoms with E-state index in [2.05, 4.69) is 35.0 Å². The molecule has 0 heterocycles. The SMILES string of the molecule is CCN=C=NCCCN(C)C.Cl.OCCN(CCO)CCO. The molecular formula is C14H33ClN4O3. The number of nitrogens with zero attached hydrogens (tertiary/aromatic N) is 4. The van der Waals surface area contributed by atoms with Gasteiger partial charge in [0.1, 0.15) is 0 Å². The standard InChI is InChI=1S/C8H17N3.C6H15NO3.ClH/c1-4-9-8-10-6-5-7-11(2)3;8-4-1-7(2-5-9)3-6-10;/h4-7H2,1-3H3;8-10H,1-6H2;1H. The molecule has 0 rings (SSSR count). The highest BCUT2D eigenvalue weighted by atomic mass is 35.5. The highest BCUT2D eigenvalue weighted by Crippen LogP contribution is 1.84. The van der Waals surface area contributed by atoms with E-state index >= 15 is 0 Å². The Labute approximate surface area is 140 Å². The van der Waals surface area contributed by atoms with E-state index in [4.69, 9.17) is 15.3 Å². The Kier molecular flexibility index (Phi) is 27.3. The lowest BCUT2D eigenvalue weighted by atomic mass is 10.4. The maximum Gasteiger partial charge on any atom is 0.0892 e. The molecule has 0 aliphatic rings. The summed E-state index contributed by atoms with van der Waals surface area (Å²) in [6.45, 7) is 6.42. The van der Waals surface area contributed by atoms with E-state index < -0.39 is 0 Å². The molecule has 0 saturated carbocycles. The summed E-state index contributed by atoms with van der Waals surface area (Å²) in [6, 6.07) is 2.64. The van der Waals surface area contributed by atoms with Gasteiger partial charge in [-0.05, 0) is 34.0 Å². The average molecular weight is 341 g/mol. The predicted molar refractivity (Wildman–Crippen MR) is 93.4 cm³/mol. The normalized spacial score (nSPS) is 9.64. The second-order valence-corrected chi connectivity index (χ2v) is 4.63. The Morgan fingerprint density at radius 3 is 1.73 bits per heavy atom. The molecule has 0 unspecified atom stereocenters. The molecule has 3 N–H and O–H groups in total. The van der Waals surface area contributed by atoms with Crippen molar-refractivity contribution in [1.29, 1.82) is 0 Å². The van der Waals surface area contributed by atoms with Gasteiger partial charge in [-0.3, -0.25) is 4.90 Å².